The maximum atomic E-state index is 12.2. The van der Waals surface area contributed by atoms with Crippen molar-refractivity contribution in [1.82, 2.24) is 9.13 Å². The van der Waals surface area contributed by atoms with Gasteiger partial charge in [0.25, 0.3) is 0 Å². The molecule has 1 heterocycles. The molecule has 19 heavy (non-hydrogen) atoms. The second-order valence-corrected chi connectivity index (χ2v) is 5.56. The average molecular weight is 260 g/mol. The molecule has 0 radical (unpaired) electrons. The van der Waals surface area contributed by atoms with Crippen molar-refractivity contribution in [2.75, 3.05) is 0 Å². The quantitative estimate of drug-likeness (QED) is 0.921. The fraction of sp³-hybridized carbons (Fsp3) is 0.400. The molecule has 1 N–H and O–H groups in total. The van der Waals surface area contributed by atoms with E-state index >= 15 is 0 Å². The van der Waals surface area contributed by atoms with Gasteiger partial charge in [-0.05, 0) is 45.4 Å². The van der Waals surface area contributed by atoms with Crippen molar-refractivity contribution in [2.45, 2.75) is 39.3 Å². The standard InChI is InChI=1S/C15H20N2O2/c1-11(2)16-9-10-17(14(16)18)13-7-5-12(6-8-13)15(3,4)19/h5-11,19H,1-4H3. The molecule has 4 nitrogen and oxygen atoms in total. The summed E-state index contributed by atoms with van der Waals surface area (Å²) in [6, 6.07) is 7.52. The number of benzene rings is 1. The Morgan fingerprint density at radius 2 is 1.68 bits per heavy atom. The molecule has 0 saturated heterocycles. The number of aromatic nitrogens is 2. The van der Waals surface area contributed by atoms with Crippen LogP contribution in [0.15, 0.2) is 41.5 Å². The number of nitrogens with zero attached hydrogens (tertiary/aromatic N) is 2. The predicted molar refractivity (Wildman–Crippen MR) is 75.7 cm³/mol. The van der Waals surface area contributed by atoms with E-state index in [0.717, 1.165) is 11.3 Å². The molecular weight excluding hydrogens is 240 g/mol. The number of rotatable bonds is 3. The van der Waals surface area contributed by atoms with E-state index in [4.69, 9.17) is 0 Å². The Labute approximate surface area is 112 Å². The lowest BCUT2D eigenvalue weighted by Gasteiger charge is -2.17. The van der Waals surface area contributed by atoms with Crippen LogP contribution in [0, 0.1) is 0 Å². The first kappa shape index (κ1) is 13.6. The van der Waals surface area contributed by atoms with Crippen LogP contribution in [0.1, 0.15) is 39.3 Å². The Morgan fingerprint density at radius 1 is 1.11 bits per heavy atom. The van der Waals surface area contributed by atoms with Crippen LogP contribution >= 0.6 is 0 Å². The highest BCUT2D eigenvalue weighted by Gasteiger charge is 2.15. The van der Waals surface area contributed by atoms with E-state index < -0.39 is 5.60 Å². The number of hydrogen-bond acceptors (Lipinski definition) is 2. The Kier molecular flexibility index (Phi) is 3.37. The Morgan fingerprint density at radius 3 is 2.11 bits per heavy atom. The van der Waals surface area contributed by atoms with E-state index in [-0.39, 0.29) is 11.7 Å². The normalized spacial score (nSPS) is 12.1. The molecule has 0 aliphatic rings. The van der Waals surface area contributed by atoms with Gasteiger partial charge in [0.2, 0.25) is 0 Å². The van der Waals surface area contributed by atoms with E-state index in [1.165, 1.54) is 0 Å². The molecule has 0 amide bonds. The van der Waals surface area contributed by atoms with Gasteiger partial charge in [0.05, 0.1) is 11.3 Å². The third-order valence-corrected chi connectivity index (χ3v) is 3.21. The van der Waals surface area contributed by atoms with E-state index in [0.29, 0.717) is 0 Å². The van der Waals surface area contributed by atoms with Crippen LogP contribution in [0.4, 0.5) is 0 Å². The first-order valence-electron chi connectivity index (χ1n) is 6.43. The molecule has 0 bridgehead atoms. The zero-order chi connectivity index (χ0) is 14.2. The molecule has 4 heteroatoms. The van der Waals surface area contributed by atoms with Gasteiger partial charge in [0, 0.05) is 18.4 Å². The van der Waals surface area contributed by atoms with Crippen LogP contribution < -0.4 is 5.69 Å². The molecular formula is C15H20N2O2. The Hall–Kier alpha value is -1.81. The molecule has 0 aliphatic carbocycles. The molecule has 0 atom stereocenters. The zero-order valence-electron chi connectivity index (χ0n) is 11.8. The highest BCUT2D eigenvalue weighted by Crippen LogP contribution is 2.20. The van der Waals surface area contributed by atoms with Gasteiger partial charge in [-0.1, -0.05) is 12.1 Å². The van der Waals surface area contributed by atoms with E-state index in [2.05, 4.69) is 0 Å². The van der Waals surface area contributed by atoms with Crippen molar-refractivity contribution >= 4 is 0 Å². The lowest BCUT2D eigenvalue weighted by molar-refractivity contribution is 0.0786. The minimum Gasteiger partial charge on any atom is -0.386 e. The summed E-state index contributed by atoms with van der Waals surface area (Å²) in [5.41, 5.74) is 0.712. The average Bonchev–Trinajstić information content (AvgIpc) is 2.70. The smallest absolute Gasteiger partial charge is 0.332 e. The van der Waals surface area contributed by atoms with Crippen molar-refractivity contribution in [2.24, 2.45) is 0 Å². The summed E-state index contributed by atoms with van der Waals surface area (Å²) >= 11 is 0. The second-order valence-electron chi connectivity index (χ2n) is 5.56. The van der Waals surface area contributed by atoms with E-state index in [1.807, 2.05) is 38.1 Å². The first-order chi connectivity index (χ1) is 8.80. The Balaban J connectivity index is 2.41. The topological polar surface area (TPSA) is 47.2 Å². The number of aliphatic hydroxyl groups is 1. The fourth-order valence-corrected chi connectivity index (χ4v) is 2.01. The molecule has 0 fully saturated rings. The number of hydrogen-bond donors (Lipinski definition) is 1. The predicted octanol–water partition coefficient (Wildman–Crippen LogP) is 2.45. The van der Waals surface area contributed by atoms with Crippen LogP contribution in [-0.4, -0.2) is 14.2 Å². The van der Waals surface area contributed by atoms with Gasteiger partial charge in [-0.2, -0.15) is 0 Å². The van der Waals surface area contributed by atoms with Gasteiger partial charge in [0.15, 0.2) is 0 Å². The lowest BCUT2D eigenvalue weighted by atomic mass is 9.98. The first-order valence-corrected chi connectivity index (χ1v) is 6.43. The van der Waals surface area contributed by atoms with Crippen LogP contribution in [0.3, 0.4) is 0 Å². The van der Waals surface area contributed by atoms with E-state index in [1.54, 1.807) is 35.4 Å². The molecule has 2 aromatic rings. The third kappa shape index (κ3) is 2.63. The molecule has 0 aliphatic heterocycles. The van der Waals surface area contributed by atoms with Crippen LogP contribution in [-0.2, 0) is 5.60 Å². The monoisotopic (exact) mass is 260 g/mol. The van der Waals surface area contributed by atoms with Crippen molar-refractivity contribution in [1.29, 1.82) is 0 Å². The van der Waals surface area contributed by atoms with Crippen molar-refractivity contribution < 1.29 is 5.11 Å². The lowest BCUT2D eigenvalue weighted by Crippen LogP contribution is -2.24. The van der Waals surface area contributed by atoms with Crippen molar-refractivity contribution in [3.63, 3.8) is 0 Å². The minimum atomic E-state index is -0.868. The summed E-state index contributed by atoms with van der Waals surface area (Å²) in [6.07, 6.45) is 3.55. The maximum absolute atomic E-state index is 12.2. The SMILES string of the molecule is CC(C)n1ccn(-c2ccc(C(C)(C)O)cc2)c1=O. The van der Waals surface area contributed by atoms with Crippen LogP contribution in [0.25, 0.3) is 5.69 Å². The van der Waals surface area contributed by atoms with E-state index in [9.17, 15) is 9.90 Å². The summed E-state index contributed by atoms with van der Waals surface area (Å²) in [5.74, 6) is 0. The van der Waals surface area contributed by atoms with Crippen molar-refractivity contribution in [3.05, 3.63) is 52.7 Å². The minimum absolute atomic E-state index is 0.0500. The van der Waals surface area contributed by atoms with Gasteiger partial charge in [-0.3, -0.25) is 9.13 Å². The van der Waals surface area contributed by atoms with Gasteiger partial charge in [-0.15, -0.1) is 0 Å². The highest BCUT2D eigenvalue weighted by molar-refractivity contribution is 5.36. The van der Waals surface area contributed by atoms with Crippen LogP contribution in [0.2, 0.25) is 0 Å². The second kappa shape index (κ2) is 4.70. The highest BCUT2D eigenvalue weighted by atomic mass is 16.3. The van der Waals surface area contributed by atoms with Gasteiger partial charge in [-0.25, -0.2) is 4.79 Å². The molecule has 0 spiro atoms. The maximum Gasteiger partial charge on any atom is 0.332 e. The third-order valence-electron chi connectivity index (χ3n) is 3.21. The fourth-order valence-electron chi connectivity index (χ4n) is 2.01. The summed E-state index contributed by atoms with van der Waals surface area (Å²) < 4.78 is 3.29. The molecule has 0 saturated carbocycles. The molecule has 0 unspecified atom stereocenters. The molecule has 2 rings (SSSR count). The molecule has 1 aromatic heterocycles. The molecule has 1 aromatic carbocycles. The summed E-state index contributed by atoms with van der Waals surface area (Å²) in [6.45, 7) is 7.43. The van der Waals surface area contributed by atoms with Crippen LogP contribution in [0.5, 0.6) is 0 Å². The van der Waals surface area contributed by atoms with Gasteiger partial charge < -0.3 is 5.11 Å². The Bertz CT molecular complexity index is 613. The van der Waals surface area contributed by atoms with Gasteiger partial charge in [0.1, 0.15) is 0 Å². The summed E-state index contributed by atoms with van der Waals surface area (Å²) in [5, 5.41) is 9.91. The van der Waals surface area contributed by atoms with Gasteiger partial charge >= 0.3 is 5.69 Å². The molecule has 102 valence electrons. The summed E-state index contributed by atoms with van der Waals surface area (Å²) in [4.78, 5) is 12.2. The van der Waals surface area contributed by atoms with Crippen molar-refractivity contribution in [3.8, 4) is 5.69 Å². The largest absolute Gasteiger partial charge is 0.386 e. The summed E-state index contributed by atoms with van der Waals surface area (Å²) in [7, 11) is 0. The number of imidazole rings is 1. The zero-order valence-corrected chi connectivity index (χ0v) is 11.8.